The van der Waals surface area contributed by atoms with Crippen molar-refractivity contribution in [2.75, 3.05) is 42.6 Å². The Labute approximate surface area is 183 Å². The standard InChI is InChI=1S/C17H23BrN4O4S3/c1-12-17(13(2)22(19-12)14-5-10-28(23,24)11-14)20-6-8-21(9-7-20)29(25,26)16-4-3-15(18)27-16/h3-4,14H,5-11H2,1-2H3. The first-order chi connectivity index (χ1) is 13.6. The van der Waals surface area contributed by atoms with Gasteiger partial charge in [-0.25, -0.2) is 16.8 Å². The smallest absolute Gasteiger partial charge is 0.252 e. The lowest BCUT2D eigenvalue weighted by molar-refractivity contribution is 0.385. The van der Waals surface area contributed by atoms with Crippen molar-refractivity contribution in [3.63, 3.8) is 0 Å². The third-order valence-electron chi connectivity index (χ3n) is 5.54. The quantitative estimate of drug-likeness (QED) is 0.610. The van der Waals surface area contributed by atoms with E-state index in [-0.39, 0.29) is 17.5 Å². The molecule has 0 N–H and O–H groups in total. The predicted molar refractivity (Wildman–Crippen MR) is 117 cm³/mol. The fraction of sp³-hybridized carbons (Fsp3) is 0.588. The van der Waals surface area contributed by atoms with E-state index in [9.17, 15) is 16.8 Å². The van der Waals surface area contributed by atoms with Crippen LogP contribution in [0.15, 0.2) is 20.1 Å². The summed E-state index contributed by atoms with van der Waals surface area (Å²) in [6.07, 6.45) is 0.589. The molecule has 160 valence electrons. The van der Waals surface area contributed by atoms with Crippen molar-refractivity contribution in [3.8, 4) is 0 Å². The van der Waals surface area contributed by atoms with Crippen LogP contribution in [0.4, 0.5) is 5.69 Å². The summed E-state index contributed by atoms with van der Waals surface area (Å²) >= 11 is 4.54. The molecule has 2 aliphatic heterocycles. The molecule has 0 bridgehead atoms. The number of aromatic nitrogens is 2. The van der Waals surface area contributed by atoms with Crippen molar-refractivity contribution >= 4 is 52.8 Å². The average molecular weight is 524 g/mol. The van der Waals surface area contributed by atoms with Crippen LogP contribution in [0.3, 0.4) is 0 Å². The fourth-order valence-corrected chi connectivity index (χ4v) is 9.43. The minimum Gasteiger partial charge on any atom is -0.366 e. The number of piperazine rings is 1. The lowest BCUT2D eigenvalue weighted by Gasteiger charge is -2.35. The highest BCUT2D eigenvalue weighted by atomic mass is 79.9. The molecule has 2 fully saturated rings. The van der Waals surface area contributed by atoms with Crippen molar-refractivity contribution in [2.45, 2.75) is 30.5 Å². The van der Waals surface area contributed by atoms with Crippen molar-refractivity contribution in [3.05, 3.63) is 27.3 Å². The number of anilines is 1. The Morgan fingerprint density at radius 2 is 1.86 bits per heavy atom. The molecule has 0 saturated carbocycles. The summed E-state index contributed by atoms with van der Waals surface area (Å²) < 4.78 is 53.9. The molecule has 1 atom stereocenters. The number of hydrogen-bond donors (Lipinski definition) is 0. The van der Waals surface area contributed by atoms with Crippen LogP contribution < -0.4 is 4.90 Å². The summed E-state index contributed by atoms with van der Waals surface area (Å²) in [5, 5.41) is 4.63. The van der Waals surface area contributed by atoms with E-state index in [1.54, 1.807) is 12.1 Å². The molecule has 8 nitrogen and oxygen atoms in total. The molecule has 29 heavy (non-hydrogen) atoms. The number of sulfonamides is 1. The molecule has 2 aromatic rings. The maximum Gasteiger partial charge on any atom is 0.252 e. The van der Waals surface area contributed by atoms with Gasteiger partial charge in [-0.3, -0.25) is 4.68 Å². The zero-order valence-electron chi connectivity index (χ0n) is 16.2. The van der Waals surface area contributed by atoms with Crippen LogP contribution in [0.2, 0.25) is 0 Å². The first-order valence-electron chi connectivity index (χ1n) is 9.35. The Kier molecular flexibility index (Phi) is 5.60. The molecule has 1 unspecified atom stereocenters. The zero-order chi connectivity index (χ0) is 21.0. The van der Waals surface area contributed by atoms with Crippen LogP contribution in [0.5, 0.6) is 0 Å². The van der Waals surface area contributed by atoms with Crippen LogP contribution >= 0.6 is 27.3 Å². The molecule has 0 spiro atoms. The number of nitrogens with zero attached hydrogens (tertiary/aromatic N) is 4. The second-order valence-corrected chi connectivity index (χ2v) is 14.3. The Morgan fingerprint density at radius 3 is 2.41 bits per heavy atom. The molecular weight excluding hydrogens is 500 g/mol. The number of thiophene rings is 1. The van der Waals surface area contributed by atoms with Crippen LogP contribution in [0.25, 0.3) is 0 Å². The highest BCUT2D eigenvalue weighted by Crippen LogP contribution is 2.33. The average Bonchev–Trinajstić information content (AvgIpc) is 3.33. The van der Waals surface area contributed by atoms with Gasteiger partial charge in [0, 0.05) is 26.2 Å². The lowest BCUT2D eigenvalue weighted by atomic mass is 10.2. The van der Waals surface area contributed by atoms with Gasteiger partial charge < -0.3 is 4.90 Å². The first-order valence-corrected chi connectivity index (χ1v) is 14.2. The normalized spacial score (nSPS) is 23.0. The van der Waals surface area contributed by atoms with Crippen LogP contribution in [-0.2, 0) is 19.9 Å². The van der Waals surface area contributed by atoms with E-state index in [4.69, 9.17) is 0 Å². The van der Waals surface area contributed by atoms with E-state index in [1.807, 2.05) is 18.5 Å². The number of aryl methyl sites for hydroxylation is 1. The molecule has 12 heteroatoms. The maximum absolute atomic E-state index is 12.8. The second-order valence-electron chi connectivity index (χ2n) is 7.47. The van der Waals surface area contributed by atoms with Crippen LogP contribution in [0, 0.1) is 13.8 Å². The van der Waals surface area contributed by atoms with Gasteiger partial charge in [-0.1, -0.05) is 0 Å². The molecule has 2 saturated heterocycles. The monoisotopic (exact) mass is 522 g/mol. The molecule has 0 amide bonds. The Bertz CT molecular complexity index is 1130. The van der Waals surface area contributed by atoms with E-state index < -0.39 is 19.9 Å². The lowest BCUT2D eigenvalue weighted by Crippen LogP contribution is -2.48. The number of halogens is 1. The van der Waals surface area contributed by atoms with Gasteiger partial charge in [0.2, 0.25) is 0 Å². The van der Waals surface area contributed by atoms with Crippen molar-refractivity contribution < 1.29 is 16.8 Å². The summed E-state index contributed by atoms with van der Waals surface area (Å²) in [6, 6.07) is 3.26. The van der Waals surface area contributed by atoms with Crippen LogP contribution in [-0.4, -0.2) is 68.6 Å². The fourth-order valence-electron chi connectivity index (χ4n) is 4.15. The molecule has 0 radical (unpaired) electrons. The van der Waals surface area contributed by atoms with Gasteiger partial charge in [0.1, 0.15) is 4.21 Å². The molecule has 0 aliphatic carbocycles. The van der Waals surface area contributed by atoms with E-state index in [1.165, 1.54) is 15.6 Å². The summed E-state index contributed by atoms with van der Waals surface area (Å²) in [6.45, 7) is 5.84. The Hall–Kier alpha value is -0.950. The molecular formula is C17H23BrN4O4S3. The number of hydrogen-bond acceptors (Lipinski definition) is 7. The van der Waals surface area contributed by atoms with E-state index in [2.05, 4.69) is 25.9 Å². The van der Waals surface area contributed by atoms with Gasteiger partial charge in [-0.15, -0.1) is 11.3 Å². The largest absolute Gasteiger partial charge is 0.366 e. The first kappa shape index (κ1) is 21.3. The molecule has 2 aromatic heterocycles. The predicted octanol–water partition coefficient (Wildman–Crippen LogP) is 2.19. The molecule has 2 aliphatic rings. The van der Waals surface area contributed by atoms with Crippen LogP contribution in [0.1, 0.15) is 23.9 Å². The molecule has 4 rings (SSSR count). The summed E-state index contributed by atoms with van der Waals surface area (Å²) in [7, 11) is -6.47. The number of sulfone groups is 1. The van der Waals surface area contributed by atoms with Crippen molar-refractivity contribution in [2.24, 2.45) is 0 Å². The summed E-state index contributed by atoms with van der Waals surface area (Å²) in [5.74, 6) is 0.345. The van der Waals surface area contributed by atoms with Gasteiger partial charge in [0.25, 0.3) is 10.0 Å². The van der Waals surface area contributed by atoms with Gasteiger partial charge in [0.05, 0.1) is 38.4 Å². The highest BCUT2D eigenvalue weighted by Gasteiger charge is 2.34. The molecule has 0 aromatic carbocycles. The van der Waals surface area contributed by atoms with Gasteiger partial charge >= 0.3 is 0 Å². The zero-order valence-corrected chi connectivity index (χ0v) is 20.2. The highest BCUT2D eigenvalue weighted by molar-refractivity contribution is 9.11. The molecule has 4 heterocycles. The van der Waals surface area contributed by atoms with Gasteiger partial charge in [-0.2, -0.15) is 9.40 Å². The maximum atomic E-state index is 12.8. The van der Waals surface area contributed by atoms with Gasteiger partial charge in [-0.05, 0) is 48.3 Å². The third-order valence-corrected chi connectivity index (χ3v) is 11.3. The number of rotatable bonds is 4. The van der Waals surface area contributed by atoms with Crippen molar-refractivity contribution in [1.29, 1.82) is 0 Å². The minimum atomic E-state index is -3.48. The second kappa shape index (κ2) is 7.63. The van der Waals surface area contributed by atoms with E-state index in [0.717, 1.165) is 20.9 Å². The third kappa shape index (κ3) is 4.01. The minimum absolute atomic E-state index is 0.119. The SMILES string of the molecule is Cc1nn(C2CCS(=O)(=O)C2)c(C)c1N1CCN(S(=O)(=O)c2ccc(Br)s2)CC1. The topological polar surface area (TPSA) is 92.6 Å². The summed E-state index contributed by atoms with van der Waals surface area (Å²) in [4.78, 5) is 2.16. The Morgan fingerprint density at radius 1 is 1.17 bits per heavy atom. The Balaban J connectivity index is 1.51. The van der Waals surface area contributed by atoms with Gasteiger partial charge in [0.15, 0.2) is 9.84 Å². The van der Waals surface area contributed by atoms with E-state index >= 15 is 0 Å². The van der Waals surface area contributed by atoms with E-state index in [0.29, 0.717) is 36.8 Å². The van der Waals surface area contributed by atoms with Crippen molar-refractivity contribution in [1.82, 2.24) is 14.1 Å². The summed E-state index contributed by atoms with van der Waals surface area (Å²) in [5.41, 5.74) is 2.79.